The molecule has 1 aromatic heterocycles. The lowest BCUT2D eigenvalue weighted by Crippen LogP contribution is -1.87. The number of benzene rings is 3. The number of phenolic OH excluding ortho intramolecular Hbond substituents is 1. The van der Waals surface area contributed by atoms with Crippen LogP contribution in [0.5, 0.6) is 17.2 Å². The summed E-state index contributed by atoms with van der Waals surface area (Å²) >= 11 is 1.71. The van der Waals surface area contributed by atoms with Crippen molar-refractivity contribution in [2.75, 3.05) is 0 Å². The summed E-state index contributed by atoms with van der Waals surface area (Å²) in [6.45, 7) is 4.06. The van der Waals surface area contributed by atoms with Gasteiger partial charge in [0.2, 0.25) is 0 Å². The van der Waals surface area contributed by atoms with Gasteiger partial charge in [0, 0.05) is 10.1 Å². The van der Waals surface area contributed by atoms with E-state index in [4.69, 9.17) is 4.74 Å². The highest BCUT2D eigenvalue weighted by Gasteiger charge is 2.16. The Morgan fingerprint density at radius 3 is 2.46 bits per heavy atom. The van der Waals surface area contributed by atoms with Crippen LogP contribution in [0.1, 0.15) is 18.1 Å². The van der Waals surface area contributed by atoms with E-state index in [9.17, 15) is 5.11 Å². The molecule has 0 aliphatic carbocycles. The van der Waals surface area contributed by atoms with Crippen LogP contribution in [0, 0.1) is 6.92 Å². The van der Waals surface area contributed by atoms with E-state index in [1.807, 2.05) is 43.3 Å². The Morgan fingerprint density at radius 2 is 1.73 bits per heavy atom. The van der Waals surface area contributed by atoms with Crippen LogP contribution in [-0.4, -0.2) is 5.11 Å². The maximum absolute atomic E-state index is 9.86. The number of hydrogen-bond acceptors (Lipinski definition) is 3. The molecule has 0 amide bonds. The van der Waals surface area contributed by atoms with Crippen LogP contribution in [0.2, 0.25) is 0 Å². The van der Waals surface area contributed by atoms with E-state index >= 15 is 0 Å². The highest BCUT2D eigenvalue weighted by atomic mass is 32.1. The first-order chi connectivity index (χ1) is 12.7. The summed E-state index contributed by atoms with van der Waals surface area (Å²) in [7, 11) is 0. The second-order valence-corrected chi connectivity index (χ2v) is 7.41. The SMILES string of the molecule is CCc1ccc(Oc2c(-c3ccc(O)c(C)c3)sc3ccccc23)cc1. The number of ether oxygens (including phenoxy) is 1. The first-order valence-electron chi connectivity index (χ1n) is 8.74. The van der Waals surface area contributed by atoms with Crippen LogP contribution in [0.3, 0.4) is 0 Å². The van der Waals surface area contributed by atoms with E-state index in [1.165, 1.54) is 10.3 Å². The molecule has 0 aliphatic heterocycles. The normalized spacial score (nSPS) is 11.0. The molecule has 2 nitrogen and oxygen atoms in total. The molecule has 3 heteroatoms. The van der Waals surface area contributed by atoms with Crippen molar-refractivity contribution >= 4 is 21.4 Å². The Morgan fingerprint density at radius 1 is 0.962 bits per heavy atom. The van der Waals surface area contributed by atoms with Crippen molar-refractivity contribution in [2.45, 2.75) is 20.3 Å². The van der Waals surface area contributed by atoms with E-state index in [0.29, 0.717) is 5.75 Å². The van der Waals surface area contributed by atoms with Crippen LogP contribution >= 0.6 is 11.3 Å². The number of rotatable bonds is 4. The molecule has 1 N–H and O–H groups in total. The van der Waals surface area contributed by atoms with Gasteiger partial charge >= 0.3 is 0 Å². The molecule has 1 heterocycles. The second kappa shape index (κ2) is 6.85. The number of phenols is 1. The van der Waals surface area contributed by atoms with Gasteiger partial charge in [0.1, 0.15) is 11.5 Å². The quantitative estimate of drug-likeness (QED) is 0.427. The molecule has 0 saturated heterocycles. The van der Waals surface area contributed by atoms with Crippen LogP contribution in [0.4, 0.5) is 0 Å². The van der Waals surface area contributed by atoms with Crippen molar-refractivity contribution in [3.05, 3.63) is 77.9 Å². The first-order valence-corrected chi connectivity index (χ1v) is 9.55. The summed E-state index contributed by atoms with van der Waals surface area (Å²) in [5, 5.41) is 11.0. The number of aromatic hydroxyl groups is 1. The van der Waals surface area contributed by atoms with Gasteiger partial charge in [-0.15, -0.1) is 11.3 Å². The van der Waals surface area contributed by atoms with Gasteiger partial charge < -0.3 is 9.84 Å². The molecule has 130 valence electrons. The van der Waals surface area contributed by atoms with E-state index in [-0.39, 0.29) is 0 Å². The predicted octanol–water partition coefficient (Wildman–Crippen LogP) is 6.94. The number of hydrogen-bond donors (Lipinski definition) is 1. The second-order valence-electron chi connectivity index (χ2n) is 6.36. The van der Waals surface area contributed by atoms with Gasteiger partial charge in [-0.1, -0.05) is 31.2 Å². The van der Waals surface area contributed by atoms with Gasteiger partial charge in [-0.3, -0.25) is 0 Å². The molecule has 0 saturated carbocycles. The summed E-state index contributed by atoms with van der Waals surface area (Å²) in [5.74, 6) is 2.02. The molecule has 4 aromatic rings. The minimum Gasteiger partial charge on any atom is -0.508 e. The van der Waals surface area contributed by atoms with Crippen molar-refractivity contribution < 1.29 is 9.84 Å². The molecular formula is C23H20O2S. The van der Waals surface area contributed by atoms with E-state index in [1.54, 1.807) is 17.4 Å². The fraction of sp³-hybridized carbons (Fsp3) is 0.130. The largest absolute Gasteiger partial charge is 0.508 e. The smallest absolute Gasteiger partial charge is 0.153 e. The Balaban J connectivity index is 1.84. The van der Waals surface area contributed by atoms with Crippen molar-refractivity contribution in [3.63, 3.8) is 0 Å². The molecule has 0 fully saturated rings. The topological polar surface area (TPSA) is 29.5 Å². The molecule has 0 aliphatic rings. The van der Waals surface area contributed by atoms with Gasteiger partial charge in [-0.25, -0.2) is 0 Å². The fourth-order valence-electron chi connectivity index (χ4n) is 3.02. The fourth-order valence-corrected chi connectivity index (χ4v) is 4.15. The van der Waals surface area contributed by atoms with Crippen molar-refractivity contribution in [3.8, 4) is 27.7 Å². The van der Waals surface area contributed by atoms with Gasteiger partial charge in [0.25, 0.3) is 0 Å². The van der Waals surface area contributed by atoms with E-state index in [2.05, 4.69) is 31.2 Å². The lowest BCUT2D eigenvalue weighted by atomic mass is 10.1. The van der Waals surface area contributed by atoms with Gasteiger partial charge in [-0.05, 0) is 72.5 Å². The number of aryl methyl sites for hydroxylation is 2. The summed E-state index contributed by atoms with van der Waals surface area (Å²) < 4.78 is 7.52. The molecule has 3 aromatic carbocycles. The third-order valence-corrected chi connectivity index (χ3v) is 5.76. The maximum atomic E-state index is 9.86. The Labute approximate surface area is 157 Å². The molecular weight excluding hydrogens is 340 g/mol. The Bertz CT molecular complexity index is 1060. The van der Waals surface area contributed by atoms with Crippen LogP contribution in [0.25, 0.3) is 20.5 Å². The average molecular weight is 360 g/mol. The van der Waals surface area contributed by atoms with Crippen LogP contribution < -0.4 is 4.74 Å². The molecule has 0 atom stereocenters. The standard InChI is InChI=1S/C23H20O2S/c1-3-16-8-11-18(12-9-16)25-22-19-6-4-5-7-21(19)26-23(22)17-10-13-20(24)15(2)14-17/h4-14,24H,3H2,1-2H3. The molecule has 26 heavy (non-hydrogen) atoms. The maximum Gasteiger partial charge on any atom is 0.153 e. The molecule has 0 radical (unpaired) electrons. The zero-order valence-electron chi connectivity index (χ0n) is 14.8. The third kappa shape index (κ3) is 3.06. The summed E-state index contributed by atoms with van der Waals surface area (Å²) in [5.41, 5.74) is 3.21. The molecule has 4 rings (SSSR count). The van der Waals surface area contributed by atoms with Gasteiger partial charge in [0.15, 0.2) is 5.75 Å². The lowest BCUT2D eigenvalue weighted by Gasteiger charge is -2.09. The summed E-state index contributed by atoms with van der Waals surface area (Å²) in [6, 6.07) is 22.2. The Hall–Kier alpha value is -2.78. The van der Waals surface area contributed by atoms with E-state index < -0.39 is 0 Å². The highest BCUT2D eigenvalue weighted by molar-refractivity contribution is 7.22. The molecule has 0 unspecified atom stereocenters. The van der Waals surface area contributed by atoms with Crippen LogP contribution in [-0.2, 0) is 6.42 Å². The minimum atomic E-state index is 0.312. The highest BCUT2D eigenvalue weighted by Crippen LogP contribution is 2.46. The average Bonchev–Trinajstić information content (AvgIpc) is 3.03. The van der Waals surface area contributed by atoms with Crippen molar-refractivity contribution in [1.29, 1.82) is 0 Å². The molecule has 0 spiro atoms. The van der Waals surface area contributed by atoms with Crippen molar-refractivity contribution in [2.24, 2.45) is 0 Å². The van der Waals surface area contributed by atoms with Gasteiger partial charge in [-0.2, -0.15) is 0 Å². The minimum absolute atomic E-state index is 0.312. The van der Waals surface area contributed by atoms with Crippen LogP contribution in [0.15, 0.2) is 66.7 Å². The first kappa shape index (κ1) is 16.7. The number of fused-ring (bicyclic) bond motifs is 1. The zero-order valence-corrected chi connectivity index (χ0v) is 15.6. The third-order valence-electron chi connectivity index (χ3n) is 4.56. The lowest BCUT2D eigenvalue weighted by molar-refractivity contribution is 0.471. The zero-order chi connectivity index (χ0) is 18.1. The summed E-state index contributed by atoms with van der Waals surface area (Å²) in [6.07, 6.45) is 1.01. The predicted molar refractivity (Wildman–Crippen MR) is 110 cm³/mol. The number of thiophene rings is 1. The summed E-state index contributed by atoms with van der Waals surface area (Å²) in [4.78, 5) is 1.08. The Kier molecular flexibility index (Phi) is 4.39. The monoisotopic (exact) mass is 360 g/mol. The molecule has 0 bridgehead atoms. The van der Waals surface area contributed by atoms with E-state index in [0.717, 1.165) is 39.3 Å². The van der Waals surface area contributed by atoms with Gasteiger partial charge in [0.05, 0.1) is 4.88 Å². The van der Waals surface area contributed by atoms with Crippen molar-refractivity contribution in [1.82, 2.24) is 0 Å².